The van der Waals surface area contributed by atoms with Gasteiger partial charge in [0.1, 0.15) is 6.54 Å². The summed E-state index contributed by atoms with van der Waals surface area (Å²) in [6.45, 7) is 7.52. The van der Waals surface area contributed by atoms with Crippen LogP contribution in [0, 0.1) is 20.8 Å². The summed E-state index contributed by atoms with van der Waals surface area (Å²) < 4.78 is 27.9. The van der Waals surface area contributed by atoms with Crippen LogP contribution in [0.5, 0.6) is 0 Å². The lowest BCUT2D eigenvalue weighted by atomic mass is 10.00. The monoisotopic (exact) mass is 436 g/mol. The molecule has 0 aliphatic heterocycles. The molecular formula is C25H28N2O3S. The Morgan fingerprint density at radius 3 is 2.16 bits per heavy atom. The summed E-state index contributed by atoms with van der Waals surface area (Å²) in [6, 6.07) is 21.1. The van der Waals surface area contributed by atoms with Gasteiger partial charge in [-0.15, -0.1) is 0 Å². The van der Waals surface area contributed by atoms with Crippen molar-refractivity contribution in [3.63, 3.8) is 0 Å². The maximum atomic E-state index is 13.4. The third kappa shape index (κ3) is 5.33. The minimum atomic E-state index is -3.90. The van der Waals surface area contributed by atoms with E-state index in [1.807, 2.05) is 58.0 Å². The van der Waals surface area contributed by atoms with E-state index in [1.54, 1.807) is 30.3 Å². The highest BCUT2D eigenvalue weighted by Crippen LogP contribution is 2.24. The number of sulfonamides is 1. The molecule has 5 nitrogen and oxygen atoms in total. The Morgan fingerprint density at radius 1 is 0.903 bits per heavy atom. The second-order valence-corrected chi connectivity index (χ2v) is 9.67. The number of anilines is 1. The van der Waals surface area contributed by atoms with Gasteiger partial charge in [-0.2, -0.15) is 0 Å². The quantitative estimate of drug-likeness (QED) is 0.585. The number of nitrogens with one attached hydrogen (secondary N) is 1. The van der Waals surface area contributed by atoms with E-state index in [1.165, 1.54) is 12.1 Å². The van der Waals surface area contributed by atoms with Crippen molar-refractivity contribution >= 4 is 21.6 Å². The van der Waals surface area contributed by atoms with Gasteiger partial charge in [-0.1, -0.05) is 59.7 Å². The fourth-order valence-corrected chi connectivity index (χ4v) is 4.91. The lowest BCUT2D eigenvalue weighted by Crippen LogP contribution is -2.41. The number of amides is 1. The molecule has 0 spiro atoms. The lowest BCUT2D eigenvalue weighted by molar-refractivity contribution is -0.120. The third-order valence-electron chi connectivity index (χ3n) is 5.22. The van der Waals surface area contributed by atoms with Crippen LogP contribution in [0.4, 0.5) is 5.69 Å². The predicted molar refractivity (Wildman–Crippen MR) is 125 cm³/mol. The van der Waals surface area contributed by atoms with Crippen molar-refractivity contribution in [2.75, 3.05) is 10.8 Å². The van der Waals surface area contributed by atoms with Gasteiger partial charge in [0.05, 0.1) is 16.6 Å². The van der Waals surface area contributed by atoms with E-state index in [4.69, 9.17) is 0 Å². The van der Waals surface area contributed by atoms with Crippen LogP contribution in [0.2, 0.25) is 0 Å². The molecule has 0 radical (unpaired) electrons. The molecule has 0 saturated heterocycles. The number of hydrogen-bond donors (Lipinski definition) is 1. The van der Waals surface area contributed by atoms with Crippen LogP contribution in [0.15, 0.2) is 77.7 Å². The van der Waals surface area contributed by atoms with Crippen molar-refractivity contribution in [2.45, 2.75) is 38.6 Å². The SMILES string of the molecule is Cc1ccc(N(CC(=O)N[C@H](C)c2cc(C)ccc2C)S(=O)(=O)c2ccccc2)cc1. The second kappa shape index (κ2) is 9.35. The fourth-order valence-electron chi connectivity index (χ4n) is 3.47. The van der Waals surface area contributed by atoms with Gasteiger partial charge in [-0.05, 0) is 63.1 Å². The predicted octanol–water partition coefficient (Wildman–Crippen LogP) is 4.68. The van der Waals surface area contributed by atoms with E-state index in [0.717, 1.165) is 26.6 Å². The van der Waals surface area contributed by atoms with E-state index in [9.17, 15) is 13.2 Å². The molecule has 0 unspecified atom stereocenters. The van der Waals surface area contributed by atoms with Gasteiger partial charge in [0.15, 0.2) is 0 Å². The Balaban J connectivity index is 1.89. The molecule has 0 heterocycles. The van der Waals surface area contributed by atoms with Crippen LogP contribution in [0.3, 0.4) is 0 Å². The smallest absolute Gasteiger partial charge is 0.264 e. The Bertz CT molecular complexity index is 1160. The molecule has 0 saturated carbocycles. The summed E-state index contributed by atoms with van der Waals surface area (Å²) in [5, 5.41) is 2.95. The van der Waals surface area contributed by atoms with Gasteiger partial charge in [0.25, 0.3) is 10.0 Å². The average molecular weight is 437 g/mol. The zero-order chi connectivity index (χ0) is 22.6. The molecule has 3 aromatic carbocycles. The number of aryl methyl sites for hydroxylation is 3. The normalized spacial score (nSPS) is 12.3. The molecular weight excluding hydrogens is 408 g/mol. The first kappa shape index (κ1) is 22.6. The van der Waals surface area contributed by atoms with E-state index in [2.05, 4.69) is 5.32 Å². The first-order chi connectivity index (χ1) is 14.7. The maximum absolute atomic E-state index is 13.4. The van der Waals surface area contributed by atoms with Crippen LogP contribution >= 0.6 is 0 Å². The zero-order valence-corrected chi connectivity index (χ0v) is 19.1. The highest BCUT2D eigenvalue weighted by molar-refractivity contribution is 7.92. The van der Waals surface area contributed by atoms with E-state index in [0.29, 0.717) is 5.69 Å². The van der Waals surface area contributed by atoms with Gasteiger partial charge in [-0.3, -0.25) is 9.10 Å². The summed E-state index contributed by atoms with van der Waals surface area (Å²) >= 11 is 0. The molecule has 0 bridgehead atoms. The Labute approximate surface area is 184 Å². The number of carbonyl (C=O) groups is 1. The Morgan fingerprint density at radius 2 is 1.52 bits per heavy atom. The van der Waals surface area contributed by atoms with Crippen LogP contribution in [0.1, 0.15) is 35.2 Å². The van der Waals surface area contributed by atoms with Crippen molar-refractivity contribution < 1.29 is 13.2 Å². The largest absolute Gasteiger partial charge is 0.348 e. The summed E-state index contributed by atoms with van der Waals surface area (Å²) in [5.41, 5.74) is 4.65. The molecule has 6 heteroatoms. The van der Waals surface area contributed by atoms with Crippen molar-refractivity contribution in [3.05, 3.63) is 95.1 Å². The van der Waals surface area contributed by atoms with Gasteiger partial charge in [-0.25, -0.2) is 8.42 Å². The summed E-state index contributed by atoms with van der Waals surface area (Å²) in [7, 11) is -3.90. The Hall–Kier alpha value is -3.12. The van der Waals surface area contributed by atoms with E-state index < -0.39 is 10.0 Å². The number of hydrogen-bond acceptors (Lipinski definition) is 3. The molecule has 1 N–H and O–H groups in total. The molecule has 162 valence electrons. The second-order valence-electron chi connectivity index (χ2n) is 7.81. The molecule has 0 aromatic heterocycles. The lowest BCUT2D eigenvalue weighted by Gasteiger charge is -2.25. The fraction of sp³-hybridized carbons (Fsp3) is 0.240. The van der Waals surface area contributed by atoms with Crippen LogP contribution in [-0.4, -0.2) is 20.9 Å². The maximum Gasteiger partial charge on any atom is 0.264 e. The number of rotatable bonds is 7. The van der Waals surface area contributed by atoms with Gasteiger partial charge in [0, 0.05) is 0 Å². The molecule has 1 atom stereocenters. The highest BCUT2D eigenvalue weighted by atomic mass is 32.2. The molecule has 0 aliphatic rings. The summed E-state index contributed by atoms with van der Waals surface area (Å²) in [6.07, 6.45) is 0. The molecule has 1 amide bonds. The van der Waals surface area contributed by atoms with Gasteiger partial charge in [0.2, 0.25) is 5.91 Å². The first-order valence-electron chi connectivity index (χ1n) is 10.2. The van der Waals surface area contributed by atoms with Crippen LogP contribution in [0.25, 0.3) is 0 Å². The van der Waals surface area contributed by atoms with Crippen LogP contribution in [-0.2, 0) is 14.8 Å². The number of nitrogens with zero attached hydrogens (tertiary/aromatic N) is 1. The molecule has 0 aliphatic carbocycles. The molecule has 3 aromatic rings. The van der Waals surface area contributed by atoms with Crippen molar-refractivity contribution in [1.29, 1.82) is 0 Å². The molecule has 0 fully saturated rings. The molecule has 31 heavy (non-hydrogen) atoms. The highest BCUT2D eigenvalue weighted by Gasteiger charge is 2.27. The number of benzene rings is 3. The van der Waals surface area contributed by atoms with E-state index in [-0.39, 0.29) is 23.4 Å². The van der Waals surface area contributed by atoms with Crippen molar-refractivity contribution in [1.82, 2.24) is 5.32 Å². The standard InChI is InChI=1S/C25H28N2O3S/c1-18-11-14-22(15-12-18)27(31(29,30)23-8-6-5-7-9-23)17-25(28)26-21(4)24-16-19(2)10-13-20(24)3/h5-16,21H,17H2,1-4H3,(H,26,28)/t21-/m1/s1. The minimum Gasteiger partial charge on any atom is -0.348 e. The molecule has 3 rings (SSSR count). The summed E-state index contributed by atoms with van der Waals surface area (Å²) in [5.74, 6) is -0.367. The first-order valence-corrected chi connectivity index (χ1v) is 11.6. The topological polar surface area (TPSA) is 66.5 Å². The third-order valence-corrected chi connectivity index (χ3v) is 7.01. The van der Waals surface area contributed by atoms with E-state index >= 15 is 0 Å². The number of carbonyl (C=O) groups excluding carboxylic acids is 1. The average Bonchev–Trinajstić information content (AvgIpc) is 2.75. The van der Waals surface area contributed by atoms with Crippen LogP contribution < -0.4 is 9.62 Å². The zero-order valence-electron chi connectivity index (χ0n) is 18.3. The Kier molecular flexibility index (Phi) is 6.81. The van der Waals surface area contributed by atoms with Crippen molar-refractivity contribution in [3.8, 4) is 0 Å². The van der Waals surface area contributed by atoms with Crippen molar-refractivity contribution in [2.24, 2.45) is 0 Å². The van der Waals surface area contributed by atoms with Gasteiger partial charge >= 0.3 is 0 Å². The van der Waals surface area contributed by atoms with Gasteiger partial charge < -0.3 is 5.32 Å². The summed E-state index contributed by atoms with van der Waals surface area (Å²) in [4.78, 5) is 13.1. The minimum absolute atomic E-state index is 0.144.